The van der Waals surface area contributed by atoms with Crippen LogP contribution in [-0.2, 0) is 31.0 Å². The maximum atomic E-state index is 13.7. The molecular formula is C23H22F3N3O6S2. The molecule has 198 valence electrons. The number of nitrogens with one attached hydrogen (secondary N) is 1. The van der Waals surface area contributed by atoms with E-state index in [0.29, 0.717) is 15.9 Å². The minimum Gasteiger partial charge on any atom is -0.495 e. The Kier molecular flexibility index (Phi) is 7.86. The van der Waals surface area contributed by atoms with Crippen molar-refractivity contribution < 1.29 is 39.5 Å². The molecule has 0 heterocycles. The number of hydrogen-bond acceptors (Lipinski definition) is 6. The van der Waals surface area contributed by atoms with Crippen LogP contribution in [-0.4, -0.2) is 36.4 Å². The largest absolute Gasteiger partial charge is 0.495 e. The zero-order valence-electron chi connectivity index (χ0n) is 19.5. The van der Waals surface area contributed by atoms with Crippen LogP contribution in [0.5, 0.6) is 5.75 Å². The monoisotopic (exact) mass is 557 g/mol. The third-order valence-corrected chi connectivity index (χ3v) is 7.83. The van der Waals surface area contributed by atoms with Gasteiger partial charge in [0.1, 0.15) is 17.2 Å². The first-order valence-corrected chi connectivity index (χ1v) is 13.4. The molecule has 0 fully saturated rings. The van der Waals surface area contributed by atoms with Gasteiger partial charge in [0.25, 0.3) is 10.0 Å². The molecule has 3 aromatic carbocycles. The summed E-state index contributed by atoms with van der Waals surface area (Å²) in [5.74, 6) is -0.975. The lowest BCUT2D eigenvalue weighted by molar-refractivity contribution is -0.137. The van der Waals surface area contributed by atoms with Gasteiger partial charge in [-0.3, -0.25) is 9.10 Å². The average molecular weight is 558 g/mol. The number of aryl methyl sites for hydroxylation is 1. The highest BCUT2D eigenvalue weighted by atomic mass is 32.2. The Morgan fingerprint density at radius 1 is 1.00 bits per heavy atom. The molecule has 1 amide bonds. The Morgan fingerprint density at radius 3 is 2.22 bits per heavy atom. The minimum atomic E-state index is -4.76. The van der Waals surface area contributed by atoms with Gasteiger partial charge in [-0.05, 0) is 67.1 Å². The summed E-state index contributed by atoms with van der Waals surface area (Å²) in [4.78, 5) is 12.3. The number of halogens is 3. The molecule has 0 atom stereocenters. The predicted molar refractivity (Wildman–Crippen MR) is 130 cm³/mol. The van der Waals surface area contributed by atoms with Gasteiger partial charge >= 0.3 is 6.18 Å². The molecule has 0 saturated heterocycles. The zero-order valence-corrected chi connectivity index (χ0v) is 21.1. The molecule has 0 spiro atoms. The van der Waals surface area contributed by atoms with E-state index in [4.69, 9.17) is 9.88 Å². The minimum absolute atomic E-state index is 0.0680. The van der Waals surface area contributed by atoms with Crippen LogP contribution in [0.25, 0.3) is 0 Å². The van der Waals surface area contributed by atoms with E-state index in [1.165, 1.54) is 31.4 Å². The van der Waals surface area contributed by atoms with E-state index in [-0.39, 0.29) is 21.2 Å². The Morgan fingerprint density at radius 2 is 1.65 bits per heavy atom. The number of nitrogens with two attached hydrogens (primary N) is 1. The normalized spacial score (nSPS) is 12.2. The van der Waals surface area contributed by atoms with Crippen molar-refractivity contribution in [3.63, 3.8) is 0 Å². The number of amides is 1. The van der Waals surface area contributed by atoms with Gasteiger partial charge in [0.2, 0.25) is 15.9 Å². The molecule has 0 unspecified atom stereocenters. The van der Waals surface area contributed by atoms with Gasteiger partial charge in [-0.2, -0.15) is 13.2 Å². The fourth-order valence-corrected chi connectivity index (χ4v) is 5.49. The van der Waals surface area contributed by atoms with Crippen molar-refractivity contribution in [3.8, 4) is 5.75 Å². The highest BCUT2D eigenvalue weighted by Crippen LogP contribution is 2.35. The number of alkyl halides is 3. The summed E-state index contributed by atoms with van der Waals surface area (Å²) in [7, 11) is -7.36. The number of benzene rings is 3. The number of anilines is 2. The van der Waals surface area contributed by atoms with Crippen LogP contribution in [0.2, 0.25) is 0 Å². The summed E-state index contributed by atoms with van der Waals surface area (Å²) in [6.07, 6.45) is -4.76. The van der Waals surface area contributed by atoms with Gasteiger partial charge < -0.3 is 10.1 Å². The molecular weight excluding hydrogens is 535 g/mol. The Balaban J connectivity index is 2.04. The van der Waals surface area contributed by atoms with Crippen molar-refractivity contribution in [2.75, 3.05) is 23.3 Å². The second-order valence-electron chi connectivity index (χ2n) is 7.83. The van der Waals surface area contributed by atoms with Crippen LogP contribution >= 0.6 is 0 Å². The predicted octanol–water partition coefficient (Wildman–Crippen LogP) is 3.50. The molecule has 14 heteroatoms. The lowest BCUT2D eigenvalue weighted by Gasteiger charge is -2.26. The lowest BCUT2D eigenvalue weighted by atomic mass is 10.2. The highest BCUT2D eigenvalue weighted by Gasteiger charge is 2.34. The molecule has 0 aliphatic heterocycles. The van der Waals surface area contributed by atoms with Crippen molar-refractivity contribution in [1.82, 2.24) is 0 Å². The van der Waals surface area contributed by atoms with E-state index >= 15 is 0 Å². The van der Waals surface area contributed by atoms with Gasteiger partial charge in [-0.15, -0.1) is 0 Å². The standard InChI is InChI=1S/C23H22F3N3O6S2/c1-15-6-11-20(35-2)21(12-15)37(33,34)29(18-5-3-4-16(13-18)23(24,25)26)14-22(30)28-17-7-9-19(10-8-17)36(27,31)32/h3-13H,14H2,1-2H3,(H,28,30)(H2,27,31,32). The number of methoxy groups -OCH3 is 1. The van der Waals surface area contributed by atoms with Gasteiger partial charge in [-0.25, -0.2) is 22.0 Å². The average Bonchev–Trinajstić information content (AvgIpc) is 2.81. The topological polar surface area (TPSA) is 136 Å². The molecule has 0 bridgehead atoms. The second kappa shape index (κ2) is 10.4. The molecule has 3 aromatic rings. The smallest absolute Gasteiger partial charge is 0.416 e. The van der Waals surface area contributed by atoms with E-state index in [1.54, 1.807) is 13.0 Å². The molecule has 0 saturated carbocycles. The maximum Gasteiger partial charge on any atom is 0.416 e. The quantitative estimate of drug-likeness (QED) is 0.435. The SMILES string of the molecule is COc1ccc(C)cc1S(=O)(=O)N(CC(=O)Nc1ccc(S(N)(=O)=O)cc1)c1cccc(C(F)(F)F)c1. The summed E-state index contributed by atoms with van der Waals surface area (Å²) in [5.41, 5.74) is -0.881. The Hall–Kier alpha value is -3.62. The van der Waals surface area contributed by atoms with E-state index in [0.717, 1.165) is 30.3 Å². The molecule has 9 nitrogen and oxygen atoms in total. The van der Waals surface area contributed by atoms with Gasteiger partial charge in [0.05, 0.1) is 23.3 Å². The van der Waals surface area contributed by atoms with Gasteiger partial charge in [-0.1, -0.05) is 12.1 Å². The Labute approximate surface area is 211 Å². The summed E-state index contributed by atoms with van der Waals surface area (Å²) in [6.45, 7) is 0.711. The summed E-state index contributed by atoms with van der Waals surface area (Å²) in [6, 6.07) is 12.5. The van der Waals surface area contributed by atoms with Crippen LogP contribution in [0.1, 0.15) is 11.1 Å². The van der Waals surface area contributed by atoms with Crippen molar-refractivity contribution in [3.05, 3.63) is 77.9 Å². The van der Waals surface area contributed by atoms with Crippen LogP contribution in [0.4, 0.5) is 24.5 Å². The van der Waals surface area contributed by atoms with Crippen LogP contribution in [0.15, 0.2) is 76.5 Å². The first kappa shape index (κ1) is 28.0. The van der Waals surface area contributed by atoms with E-state index in [9.17, 15) is 34.8 Å². The number of rotatable bonds is 8. The molecule has 3 N–H and O–H groups in total. The fraction of sp³-hybridized carbons (Fsp3) is 0.174. The van der Waals surface area contributed by atoms with Gasteiger partial charge in [0, 0.05) is 5.69 Å². The Bertz CT molecular complexity index is 1520. The molecule has 0 aliphatic rings. The van der Waals surface area contributed by atoms with Crippen LogP contribution in [0.3, 0.4) is 0 Å². The highest BCUT2D eigenvalue weighted by molar-refractivity contribution is 7.93. The third-order valence-electron chi connectivity index (χ3n) is 5.10. The first-order valence-electron chi connectivity index (χ1n) is 10.4. The van der Waals surface area contributed by atoms with E-state index in [1.807, 2.05) is 0 Å². The first-order chi connectivity index (χ1) is 17.1. The van der Waals surface area contributed by atoms with E-state index < -0.39 is 49.9 Å². The number of carbonyl (C=O) groups is 1. The number of nitrogens with zero attached hydrogens (tertiary/aromatic N) is 1. The summed E-state index contributed by atoms with van der Waals surface area (Å²) >= 11 is 0. The number of primary sulfonamides is 1. The van der Waals surface area contributed by atoms with Crippen molar-refractivity contribution in [2.45, 2.75) is 22.9 Å². The zero-order chi connectivity index (χ0) is 27.6. The molecule has 37 heavy (non-hydrogen) atoms. The second-order valence-corrected chi connectivity index (χ2v) is 11.2. The fourth-order valence-electron chi connectivity index (χ4n) is 3.32. The van der Waals surface area contributed by atoms with E-state index in [2.05, 4.69) is 5.32 Å². The number of carbonyl (C=O) groups excluding carboxylic acids is 1. The van der Waals surface area contributed by atoms with Crippen molar-refractivity contribution in [2.24, 2.45) is 5.14 Å². The molecule has 0 radical (unpaired) electrons. The van der Waals surface area contributed by atoms with Crippen LogP contribution < -0.4 is 19.5 Å². The molecule has 0 aliphatic carbocycles. The molecule has 3 rings (SSSR count). The lowest BCUT2D eigenvalue weighted by Crippen LogP contribution is -2.38. The molecule has 0 aromatic heterocycles. The number of hydrogen-bond donors (Lipinski definition) is 2. The summed E-state index contributed by atoms with van der Waals surface area (Å²) in [5, 5.41) is 7.43. The number of sulfonamides is 2. The van der Waals surface area contributed by atoms with Crippen molar-refractivity contribution >= 4 is 37.3 Å². The summed E-state index contributed by atoms with van der Waals surface area (Å²) < 4.78 is 96.0. The van der Waals surface area contributed by atoms with Crippen molar-refractivity contribution in [1.29, 1.82) is 0 Å². The third kappa shape index (κ3) is 6.58. The van der Waals surface area contributed by atoms with Gasteiger partial charge in [0.15, 0.2) is 0 Å². The number of ether oxygens (including phenoxy) is 1. The maximum absolute atomic E-state index is 13.7. The van der Waals surface area contributed by atoms with Crippen LogP contribution in [0, 0.1) is 6.92 Å².